The molecule has 0 aliphatic heterocycles. The number of hydrogen-bond acceptors (Lipinski definition) is 5. The third kappa shape index (κ3) is 4.30. The average Bonchev–Trinajstić information content (AvgIpc) is 2.87. The molecule has 0 fully saturated rings. The van der Waals surface area contributed by atoms with Gasteiger partial charge in [0.05, 0.1) is 6.61 Å². The van der Waals surface area contributed by atoms with E-state index in [1.807, 2.05) is 32.0 Å². The number of benzene rings is 1. The molecule has 0 spiro atoms. The van der Waals surface area contributed by atoms with Crippen LogP contribution < -0.4 is 4.74 Å². The summed E-state index contributed by atoms with van der Waals surface area (Å²) in [6.07, 6.45) is 0.0633. The van der Waals surface area contributed by atoms with Crippen LogP contribution in [0.25, 0.3) is 0 Å². The van der Waals surface area contributed by atoms with Crippen LogP contribution in [-0.2, 0) is 22.6 Å². The molecule has 1 N–H and O–H groups in total. The second kappa shape index (κ2) is 6.88. The summed E-state index contributed by atoms with van der Waals surface area (Å²) in [5.74, 6) is 1.47. The average molecular weight is 289 g/mol. The summed E-state index contributed by atoms with van der Waals surface area (Å²) < 4.78 is 10.6. The molecule has 0 aliphatic rings. The molecule has 2 rings (SSSR count). The first-order chi connectivity index (χ1) is 10.1. The van der Waals surface area contributed by atoms with Gasteiger partial charge in [-0.05, 0) is 38.0 Å². The molecule has 0 saturated carbocycles. The summed E-state index contributed by atoms with van der Waals surface area (Å²) in [5.41, 5.74) is 2.20. The molecule has 0 atom stereocenters. The monoisotopic (exact) mass is 289 g/mol. The third-order valence-electron chi connectivity index (χ3n) is 2.89. The number of nitrogens with one attached hydrogen (secondary N) is 1. The highest BCUT2D eigenvalue weighted by molar-refractivity contribution is 5.71. The minimum Gasteiger partial charge on any atom is -0.485 e. The third-order valence-corrected chi connectivity index (χ3v) is 2.89. The van der Waals surface area contributed by atoms with Gasteiger partial charge in [-0.25, -0.2) is 4.98 Å². The van der Waals surface area contributed by atoms with E-state index in [9.17, 15) is 4.79 Å². The molecule has 1 heterocycles. The number of H-pyrrole nitrogens is 1. The second-order valence-electron chi connectivity index (χ2n) is 4.74. The standard InChI is InChI=1S/C15H19N3O3/c1-4-20-15(19)8-13-16-14(18-17-13)9-21-12-7-10(2)5-6-11(12)3/h5-7H,4,8-9H2,1-3H3,(H,16,17,18). The van der Waals surface area contributed by atoms with Crippen LogP contribution in [0.2, 0.25) is 0 Å². The van der Waals surface area contributed by atoms with Crippen molar-refractivity contribution in [3.8, 4) is 5.75 Å². The Morgan fingerprint density at radius 1 is 1.33 bits per heavy atom. The molecular formula is C15H19N3O3. The molecule has 0 amide bonds. The predicted octanol–water partition coefficient (Wildman–Crippen LogP) is 2.11. The summed E-state index contributed by atoms with van der Waals surface area (Å²) in [5, 5.41) is 6.74. The Morgan fingerprint density at radius 3 is 2.90 bits per heavy atom. The number of aromatic amines is 1. The van der Waals surface area contributed by atoms with E-state index >= 15 is 0 Å². The molecule has 6 heteroatoms. The number of rotatable bonds is 6. The molecule has 0 saturated heterocycles. The molecule has 1 aromatic carbocycles. The maximum atomic E-state index is 11.3. The zero-order valence-electron chi connectivity index (χ0n) is 12.5. The van der Waals surface area contributed by atoms with Crippen LogP contribution in [0.3, 0.4) is 0 Å². The molecule has 0 radical (unpaired) electrons. The van der Waals surface area contributed by atoms with Crippen LogP contribution >= 0.6 is 0 Å². The molecular weight excluding hydrogens is 270 g/mol. The summed E-state index contributed by atoms with van der Waals surface area (Å²) in [6.45, 7) is 6.39. The largest absolute Gasteiger partial charge is 0.485 e. The Labute approximate surface area is 123 Å². The maximum absolute atomic E-state index is 11.3. The van der Waals surface area contributed by atoms with Crippen molar-refractivity contribution in [3.05, 3.63) is 41.0 Å². The first kappa shape index (κ1) is 15.0. The topological polar surface area (TPSA) is 77.1 Å². The van der Waals surface area contributed by atoms with Gasteiger partial charge in [-0.2, -0.15) is 5.10 Å². The first-order valence-corrected chi connectivity index (χ1v) is 6.84. The van der Waals surface area contributed by atoms with E-state index in [0.29, 0.717) is 18.3 Å². The molecule has 21 heavy (non-hydrogen) atoms. The normalized spacial score (nSPS) is 10.4. The van der Waals surface area contributed by atoms with Crippen LogP contribution in [0, 0.1) is 13.8 Å². The smallest absolute Gasteiger partial charge is 0.313 e. The lowest BCUT2D eigenvalue weighted by molar-refractivity contribution is -0.142. The highest BCUT2D eigenvalue weighted by Crippen LogP contribution is 2.19. The van der Waals surface area contributed by atoms with E-state index in [-0.39, 0.29) is 19.0 Å². The van der Waals surface area contributed by atoms with Crippen LogP contribution in [-0.4, -0.2) is 27.8 Å². The maximum Gasteiger partial charge on any atom is 0.313 e. The molecule has 112 valence electrons. The Balaban J connectivity index is 1.93. The minimum absolute atomic E-state index is 0.0633. The van der Waals surface area contributed by atoms with Gasteiger partial charge in [-0.3, -0.25) is 9.89 Å². The van der Waals surface area contributed by atoms with Gasteiger partial charge in [-0.1, -0.05) is 12.1 Å². The van der Waals surface area contributed by atoms with E-state index in [1.165, 1.54) is 0 Å². The number of nitrogens with zero attached hydrogens (tertiary/aromatic N) is 2. The fourth-order valence-electron chi connectivity index (χ4n) is 1.83. The van der Waals surface area contributed by atoms with Gasteiger partial charge in [0.2, 0.25) is 0 Å². The zero-order chi connectivity index (χ0) is 15.2. The molecule has 0 bridgehead atoms. The van der Waals surface area contributed by atoms with Crippen molar-refractivity contribution in [2.75, 3.05) is 6.61 Å². The summed E-state index contributed by atoms with van der Waals surface area (Å²) >= 11 is 0. The Kier molecular flexibility index (Phi) is 4.92. The number of aryl methyl sites for hydroxylation is 2. The Hall–Kier alpha value is -2.37. The van der Waals surface area contributed by atoms with Crippen molar-refractivity contribution in [3.63, 3.8) is 0 Å². The molecule has 0 aliphatic carbocycles. The van der Waals surface area contributed by atoms with E-state index < -0.39 is 0 Å². The van der Waals surface area contributed by atoms with Gasteiger partial charge in [-0.15, -0.1) is 0 Å². The number of ether oxygens (including phenoxy) is 2. The van der Waals surface area contributed by atoms with Gasteiger partial charge in [0, 0.05) is 0 Å². The second-order valence-corrected chi connectivity index (χ2v) is 4.74. The van der Waals surface area contributed by atoms with E-state index in [2.05, 4.69) is 15.2 Å². The van der Waals surface area contributed by atoms with Crippen LogP contribution in [0.4, 0.5) is 0 Å². The summed E-state index contributed by atoms with van der Waals surface area (Å²) in [6, 6.07) is 6.02. The number of esters is 1. The lowest BCUT2D eigenvalue weighted by atomic mass is 10.1. The number of carbonyl (C=O) groups is 1. The summed E-state index contributed by atoms with van der Waals surface area (Å²) in [7, 11) is 0. The van der Waals surface area contributed by atoms with E-state index in [0.717, 1.165) is 16.9 Å². The number of carbonyl (C=O) groups excluding carboxylic acids is 1. The van der Waals surface area contributed by atoms with Gasteiger partial charge >= 0.3 is 5.97 Å². The van der Waals surface area contributed by atoms with Crippen LogP contribution in [0.15, 0.2) is 18.2 Å². The highest BCUT2D eigenvalue weighted by Gasteiger charge is 2.10. The number of aromatic nitrogens is 3. The molecule has 1 aromatic heterocycles. The zero-order valence-corrected chi connectivity index (χ0v) is 12.5. The SMILES string of the molecule is CCOC(=O)Cc1n[nH]c(COc2cc(C)ccc2C)n1. The van der Waals surface area contributed by atoms with Crippen molar-refractivity contribution in [2.45, 2.75) is 33.8 Å². The van der Waals surface area contributed by atoms with Gasteiger partial charge in [0.1, 0.15) is 18.8 Å². The van der Waals surface area contributed by atoms with Crippen molar-refractivity contribution in [1.82, 2.24) is 15.2 Å². The first-order valence-electron chi connectivity index (χ1n) is 6.84. The van der Waals surface area contributed by atoms with Gasteiger partial charge in [0.15, 0.2) is 11.6 Å². The van der Waals surface area contributed by atoms with Crippen molar-refractivity contribution < 1.29 is 14.3 Å². The molecule has 0 unspecified atom stereocenters. The molecule has 6 nitrogen and oxygen atoms in total. The minimum atomic E-state index is -0.335. The van der Waals surface area contributed by atoms with Crippen LogP contribution in [0.1, 0.15) is 29.7 Å². The number of hydrogen-bond donors (Lipinski definition) is 1. The summed E-state index contributed by atoms with van der Waals surface area (Å²) in [4.78, 5) is 15.5. The van der Waals surface area contributed by atoms with Gasteiger partial charge < -0.3 is 9.47 Å². The van der Waals surface area contributed by atoms with E-state index in [1.54, 1.807) is 6.92 Å². The van der Waals surface area contributed by atoms with E-state index in [4.69, 9.17) is 9.47 Å². The Morgan fingerprint density at radius 2 is 2.14 bits per heavy atom. The van der Waals surface area contributed by atoms with Crippen LogP contribution in [0.5, 0.6) is 5.75 Å². The fourth-order valence-corrected chi connectivity index (χ4v) is 1.83. The van der Waals surface area contributed by atoms with Crippen molar-refractivity contribution in [2.24, 2.45) is 0 Å². The quantitative estimate of drug-likeness (QED) is 0.824. The lowest BCUT2D eigenvalue weighted by Gasteiger charge is -2.08. The predicted molar refractivity (Wildman–Crippen MR) is 77.0 cm³/mol. The highest BCUT2D eigenvalue weighted by atomic mass is 16.5. The van der Waals surface area contributed by atoms with Gasteiger partial charge in [0.25, 0.3) is 0 Å². The molecule has 2 aromatic rings. The fraction of sp³-hybridized carbons (Fsp3) is 0.400. The lowest BCUT2D eigenvalue weighted by Crippen LogP contribution is -2.08. The van der Waals surface area contributed by atoms with Crippen molar-refractivity contribution in [1.29, 1.82) is 0 Å². The van der Waals surface area contributed by atoms with Crippen molar-refractivity contribution >= 4 is 5.97 Å². The Bertz CT molecular complexity index is 622.